The number of anilines is 1. The van der Waals surface area contributed by atoms with Gasteiger partial charge in [-0.2, -0.15) is 8.78 Å². The molecule has 2 N–H and O–H groups in total. The molecule has 0 bridgehead atoms. The number of thiocarbonyl (C=S) groups is 1. The van der Waals surface area contributed by atoms with Gasteiger partial charge in [0, 0.05) is 12.2 Å². The Balaban J connectivity index is 1.90. The lowest BCUT2D eigenvalue weighted by molar-refractivity contribution is -0.0498. The third-order valence-electron chi connectivity index (χ3n) is 3.69. The Morgan fingerprint density at radius 2 is 1.67 bits per heavy atom. The molecule has 0 aliphatic rings. The zero-order valence-electron chi connectivity index (χ0n) is 13.8. The van der Waals surface area contributed by atoms with Crippen molar-refractivity contribution in [3.05, 3.63) is 58.7 Å². The summed E-state index contributed by atoms with van der Waals surface area (Å²) in [5.74, 6) is 0.139. The first-order valence-electron chi connectivity index (χ1n) is 7.51. The molecular weight excluding hydrogens is 330 g/mol. The molecular formula is C18H20F2N2OS. The van der Waals surface area contributed by atoms with Crippen LogP contribution in [-0.2, 0) is 6.54 Å². The second-order valence-electron chi connectivity index (χ2n) is 5.58. The van der Waals surface area contributed by atoms with E-state index in [2.05, 4.69) is 41.4 Å². The van der Waals surface area contributed by atoms with E-state index in [0.29, 0.717) is 11.7 Å². The van der Waals surface area contributed by atoms with Gasteiger partial charge < -0.3 is 15.4 Å². The Labute approximate surface area is 146 Å². The van der Waals surface area contributed by atoms with E-state index in [1.54, 1.807) is 12.1 Å². The minimum absolute atomic E-state index is 0.139. The fourth-order valence-corrected chi connectivity index (χ4v) is 2.41. The number of rotatable bonds is 5. The van der Waals surface area contributed by atoms with E-state index >= 15 is 0 Å². The van der Waals surface area contributed by atoms with Gasteiger partial charge in [0.2, 0.25) is 0 Å². The zero-order valence-corrected chi connectivity index (χ0v) is 14.6. The van der Waals surface area contributed by atoms with E-state index in [4.69, 9.17) is 12.2 Å². The van der Waals surface area contributed by atoms with E-state index in [9.17, 15) is 8.78 Å². The van der Waals surface area contributed by atoms with Crippen molar-refractivity contribution in [3.63, 3.8) is 0 Å². The first-order chi connectivity index (χ1) is 11.3. The van der Waals surface area contributed by atoms with Crippen molar-refractivity contribution in [1.82, 2.24) is 5.32 Å². The number of hydrogen-bond acceptors (Lipinski definition) is 2. The normalized spacial score (nSPS) is 10.6. The van der Waals surface area contributed by atoms with Gasteiger partial charge in [0.05, 0.1) is 0 Å². The predicted octanol–water partition coefficient (Wildman–Crippen LogP) is 4.70. The van der Waals surface area contributed by atoms with Gasteiger partial charge >= 0.3 is 6.61 Å². The van der Waals surface area contributed by atoms with Gasteiger partial charge in [0.25, 0.3) is 0 Å². The SMILES string of the molecule is Cc1cc(C)c(NC(=S)NCc2ccc(OC(F)F)cc2)cc1C. The largest absolute Gasteiger partial charge is 0.435 e. The fourth-order valence-electron chi connectivity index (χ4n) is 2.23. The van der Waals surface area contributed by atoms with Crippen molar-refractivity contribution in [1.29, 1.82) is 0 Å². The van der Waals surface area contributed by atoms with E-state index in [0.717, 1.165) is 16.8 Å². The van der Waals surface area contributed by atoms with Gasteiger partial charge in [0.15, 0.2) is 5.11 Å². The number of aryl methyl sites for hydroxylation is 3. The average Bonchev–Trinajstić information content (AvgIpc) is 2.51. The summed E-state index contributed by atoms with van der Waals surface area (Å²) in [6.45, 7) is 3.83. The van der Waals surface area contributed by atoms with Crippen molar-refractivity contribution < 1.29 is 13.5 Å². The fraction of sp³-hybridized carbons (Fsp3) is 0.278. The molecule has 0 atom stereocenters. The molecule has 0 aromatic heterocycles. The molecule has 0 heterocycles. The van der Waals surface area contributed by atoms with Gasteiger partial charge in [-0.15, -0.1) is 0 Å². The van der Waals surface area contributed by atoms with Gasteiger partial charge in [-0.05, 0) is 73.4 Å². The summed E-state index contributed by atoms with van der Waals surface area (Å²) in [5, 5.41) is 6.79. The van der Waals surface area contributed by atoms with E-state index in [-0.39, 0.29) is 5.75 Å². The lowest BCUT2D eigenvalue weighted by atomic mass is 10.1. The highest BCUT2D eigenvalue weighted by molar-refractivity contribution is 7.80. The lowest BCUT2D eigenvalue weighted by Gasteiger charge is -2.14. The third kappa shape index (κ3) is 5.16. The molecule has 0 unspecified atom stereocenters. The Bertz CT molecular complexity index is 718. The average molecular weight is 350 g/mol. The van der Waals surface area contributed by atoms with Crippen LogP contribution in [0.3, 0.4) is 0 Å². The Morgan fingerprint density at radius 1 is 1.04 bits per heavy atom. The lowest BCUT2D eigenvalue weighted by Crippen LogP contribution is -2.28. The smallest absolute Gasteiger partial charge is 0.387 e. The quantitative estimate of drug-likeness (QED) is 0.766. The van der Waals surface area contributed by atoms with E-state index < -0.39 is 6.61 Å². The van der Waals surface area contributed by atoms with Crippen molar-refractivity contribution in [3.8, 4) is 5.75 Å². The number of alkyl halides is 2. The molecule has 2 aromatic rings. The van der Waals surface area contributed by atoms with Crippen molar-refractivity contribution in [2.45, 2.75) is 33.9 Å². The second kappa shape index (κ2) is 8.06. The number of halogens is 2. The number of benzene rings is 2. The molecule has 128 valence electrons. The molecule has 0 aliphatic carbocycles. The monoisotopic (exact) mass is 350 g/mol. The first kappa shape index (κ1) is 18.1. The van der Waals surface area contributed by atoms with E-state index in [1.165, 1.54) is 23.3 Å². The highest BCUT2D eigenvalue weighted by Gasteiger charge is 2.05. The highest BCUT2D eigenvalue weighted by Crippen LogP contribution is 2.20. The van der Waals surface area contributed by atoms with Crippen molar-refractivity contribution >= 4 is 23.0 Å². The summed E-state index contributed by atoms with van der Waals surface area (Å²) < 4.78 is 28.5. The van der Waals surface area contributed by atoms with Crippen LogP contribution < -0.4 is 15.4 Å². The molecule has 0 radical (unpaired) electrons. The molecule has 3 nitrogen and oxygen atoms in total. The Hall–Kier alpha value is -2.21. The van der Waals surface area contributed by atoms with Gasteiger partial charge in [-0.3, -0.25) is 0 Å². The maximum absolute atomic E-state index is 12.1. The molecule has 0 fully saturated rings. The summed E-state index contributed by atoms with van der Waals surface area (Å²) >= 11 is 5.31. The van der Waals surface area contributed by atoms with Crippen molar-refractivity contribution in [2.24, 2.45) is 0 Å². The van der Waals surface area contributed by atoms with E-state index in [1.807, 2.05) is 6.92 Å². The summed E-state index contributed by atoms with van der Waals surface area (Å²) in [4.78, 5) is 0. The molecule has 0 amide bonds. The Morgan fingerprint density at radius 3 is 2.29 bits per heavy atom. The zero-order chi connectivity index (χ0) is 17.7. The molecule has 0 aliphatic heterocycles. The summed E-state index contributed by atoms with van der Waals surface area (Å²) in [6.07, 6.45) is 0. The molecule has 2 aromatic carbocycles. The van der Waals surface area contributed by atoms with Crippen LogP contribution in [0.1, 0.15) is 22.3 Å². The van der Waals surface area contributed by atoms with Crippen molar-refractivity contribution in [2.75, 3.05) is 5.32 Å². The van der Waals surface area contributed by atoms with Crippen LogP contribution in [0, 0.1) is 20.8 Å². The van der Waals surface area contributed by atoms with Gasteiger partial charge in [-0.1, -0.05) is 18.2 Å². The molecule has 0 saturated carbocycles. The van der Waals surface area contributed by atoms with Gasteiger partial charge in [-0.25, -0.2) is 0 Å². The molecule has 0 saturated heterocycles. The molecule has 0 spiro atoms. The van der Waals surface area contributed by atoms with Crippen LogP contribution in [-0.4, -0.2) is 11.7 Å². The molecule has 2 rings (SSSR count). The second-order valence-corrected chi connectivity index (χ2v) is 5.99. The van der Waals surface area contributed by atoms with Crippen LogP contribution in [0.2, 0.25) is 0 Å². The number of ether oxygens (including phenoxy) is 1. The number of hydrogen-bond donors (Lipinski definition) is 2. The minimum Gasteiger partial charge on any atom is -0.435 e. The van der Waals surface area contributed by atoms with Crippen LogP contribution in [0.15, 0.2) is 36.4 Å². The Kier molecular flexibility index (Phi) is 6.09. The summed E-state index contributed by atoms with van der Waals surface area (Å²) in [5.41, 5.74) is 5.44. The molecule has 24 heavy (non-hydrogen) atoms. The molecule has 6 heteroatoms. The van der Waals surface area contributed by atoms with Gasteiger partial charge in [0.1, 0.15) is 5.75 Å². The standard InChI is InChI=1S/C18H20F2N2OS/c1-11-8-13(3)16(9-12(11)2)22-18(24)21-10-14-4-6-15(7-5-14)23-17(19)20/h4-9,17H,10H2,1-3H3,(H2,21,22,24). The number of nitrogens with one attached hydrogen (secondary N) is 2. The topological polar surface area (TPSA) is 33.3 Å². The predicted molar refractivity (Wildman–Crippen MR) is 96.8 cm³/mol. The van der Waals surface area contributed by atoms with Crippen LogP contribution in [0.4, 0.5) is 14.5 Å². The maximum Gasteiger partial charge on any atom is 0.387 e. The third-order valence-corrected chi connectivity index (χ3v) is 3.94. The maximum atomic E-state index is 12.1. The summed E-state index contributed by atoms with van der Waals surface area (Å²) in [6, 6.07) is 10.6. The van der Waals surface area contributed by atoms with Crippen LogP contribution in [0.25, 0.3) is 0 Å². The minimum atomic E-state index is -2.81. The highest BCUT2D eigenvalue weighted by atomic mass is 32.1. The summed E-state index contributed by atoms with van der Waals surface area (Å²) in [7, 11) is 0. The van der Waals surface area contributed by atoms with Crippen LogP contribution in [0.5, 0.6) is 5.75 Å². The van der Waals surface area contributed by atoms with Crippen LogP contribution >= 0.6 is 12.2 Å². The first-order valence-corrected chi connectivity index (χ1v) is 7.92.